The molecule has 2 heterocycles. The summed E-state index contributed by atoms with van der Waals surface area (Å²) >= 11 is 1.24. The summed E-state index contributed by atoms with van der Waals surface area (Å²) in [6, 6.07) is 9.10. The number of carbonyl (C=O) groups is 1. The molecule has 1 amide bonds. The standard InChI is InChI=1S/C17H19N7OS/c1-10-12(9-19-17(20-10)24(2)3)14(25)21-13(11-7-5-4-6-8-11)15-22-23-16(18)26-15/h4-9,13H,1-3H3,(H2,18,23)(H,21,25)/t13-/m0/s1. The molecule has 0 unspecified atom stereocenters. The molecular formula is C17H19N7OS. The van der Waals surface area contributed by atoms with Gasteiger partial charge in [-0.3, -0.25) is 4.79 Å². The van der Waals surface area contributed by atoms with Gasteiger partial charge in [-0.05, 0) is 12.5 Å². The molecule has 0 saturated heterocycles. The van der Waals surface area contributed by atoms with E-state index < -0.39 is 6.04 Å². The van der Waals surface area contributed by atoms with Gasteiger partial charge in [0, 0.05) is 20.3 Å². The van der Waals surface area contributed by atoms with Crippen molar-refractivity contribution in [2.45, 2.75) is 13.0 Å². The smallest absolute Gasteiger partial charge is 0.255 e. The van der Waals surface area contributed by atoms with E-state index in [-0.39, 0.29) is 5.91 Å². The highest BCUT2D eigenvalue weighted by Crippen LogP contribution is 2.26. The van der Waals surface area contributed by atoms with Crippen LogP contribution >= 0.6 is 11.3 Å². The zero-order valence-electron chi connectivity index (χ0n) is 14.7. The van der Waals surface area contributed by atoms with Gasteiger partial charge in [-0.2, -0.15) is 0 Å². The summed E-state index contributed by atoms with van der Waals surface area (Å²) in [5.74, 6) is 0.269. The van der Waals surface area contributed by atoms with Gasteiger partial charge in [-0.25, -0.2) is 9.97 Å². The van der Waals surface area contributed by atoms with Crippen molar-refractivity contribution in [1.82, 2.24) is 25.5 Å². The van der Waals surface area contributed by atoms with E-state index in [4.69, 9.17) is 5.73 Å². The Morgan fingerprint density at radius 2 is 1.96 bits per heavy atom. The van der Waals surface area contributed by atoms with Gasteiger partial charge in [0.1, 0.15) is 11.0 Å². The summed E-state index contributed by atoms with van der Waals surface area (Å²) in [5.41, 5.74) is 7.62. The first-order chi connectivity index (χ1) is 12.5. The fourth-order valence-electron chi connectivity index (χ4n) is 2.40. The van der Waals surface area contributed by atoms with Crippen LogP contribution in [0.3, 0.4) is 0 Å². The summed E-state index contributed by atoms with van der Waals surface area (Å²) in [7, 11) is 3.69. The molecule has 0 aliphatic rings. The lowest BCUT2D eigenvalue weighted by Gasteiger charge is -2.18. The second-order valence-electron chi connectivity index (χ2n) is 5.86. The minimum Gasteiger partial charge on any atom is -0.374 e. The maximum atomic E-state index is 12.8. The molecule has 9 heteroatoms. The molecule has 0 radical (unpaired) electrons. The second-order valence-corrected chi connectivity index (χ2v) is 6.90. The topological polar surface area (TPSA) is 110 Å². The number of aromatic nitrogens is 4. The van der Waals surface area contributed by atoms with Crippen molar-refractivity contribution >= 4 is 28.3 Å². The van der Waals surface area contributed by atoms with E-state index in [1.807, 2.05) is 44.4 Å². The highest BCUT2D eigenvalue weighted by molar-refractivity contribution is 7.15. The molecule has 2 aromatic heterocycles. The molecule has 3 rings (SSSR count). The fourth-order valence-corrected chi connectivity index (χ4v) is 3.09. The quantitative estimate of drug-likeness (QED) is 0.705. The van der Waals surface area contributed by atoms with E-state index in [1.54, 1.807) is 11.8 Å². The molecule has 0 fully saturated rings. The molecule has 0 aliphatic carbocycles. The van der Waals surface area contributed by atoms with Crippen LogP contribution in [0.4, 0.5) is 11.1 Å². The van der Waals surface area contributed by atoms with Gasteiger partial charge >= 0.3 is 0 Å². The number of amides is 1. The lowest BCUT2D eigenvalue weighted by molar-refractivity contribution is 0.0941. The SMILES string of the molecule is Cc1nc(N(C)C)ncc1C(=O)N[C@@H](c1ccccc1)c1nnc(N)s1. The van der Waals surface area contributed by atoms with Crippen LogP contribution in [-0.2, 0) is 0 Å². The third-order valence-electron chi connectivity index (χ3n) is 3.72. The molecule has 1 aromatic carbocycles. The lowest BCUT2D eigenvalue weighted by Crippen LogP contribution is -2.30. The number of anilines is 2. The molecule has 26 heavy (non-hydrogen) atoms. The summed E-state index contributed by atoms with van der Waals surface area (Å²) in [5, 5.41) is 11.9. The zero-order valence-corrected chi connectivity index (χ0v) is 15.5. The van der Waals surface area contributed by atoms with Gasteiger partial charge in [0.15, 0.2) is 0 Å². The molecule has 0 aliphatic heterocycles. The lowest BCUT2D eigenvalue weighted by atomic mass is 10.1. The van der Waals surface area contributed by atoms with E-state index in [9.17, 15) is 4.79 Å². The number of rotatable bonds is 5. The van der Waals surface area contributed by atoms with Gasteiger partial charge < -0.3 is 16.0 Å². The minimum absolute atomic E-state index is 0.282. The van der Waals surface area contributed by atoms with Gasteiger partial charge in [-0.1, -0.05) is 41.7 Å². The molecule has 134 valence electrons. The maximum Gasteiger partial charge on any atom is 0.255 e. The molecule has 3 aromatic rings. The Morgan fingerprint density at radius 1 is 1.23 bits per heavy atom. The van der Waals surface area contributed by atoms with Crippen LogP contribution in [0.5, 0.6) is 0 Å². The van der Waals surface area contributed by atoms with Crippen molar-refractivity contribution in [2.24, 2.45) is 0 Å². The van der Waals surface area contributed by atoms with Gasteiger partial charge in [0.2, 0.25) is 11.1 Å². The van der Waals surface area contributed by atoms with Crippen molar-refractivity contribution in [3.05, 3.63) is 58.4 Å². The second kappa shape index (κ2) is 7.44. The van der Waals surface area contributed by atoms with Crippen LogP contribution in [0, 0.1) is 6.92 Å². The van der Waals surface area contributed by atoms with E-state index in [2.05, 4.69) is 25.5 Å². The molecule has 8 nitrogen and oxygen atoms in total. The normalized spacial score (nSPS) is 11.8. The highest BCUT2D eigenvalue weighted by atomic mass is 32.1. The average Bonchev–Trinajstić information content (AvgIpc) is 3.06. The van der Waals surface area contributed by atoms with Crippen LogP contribution in [0.15, 0.2) is 36.5 Å². The van der Waals surface area contributed by atoms with E-state index in [0.717, 1.165) is 5.56 Å². The molecule has 0 spiro atoms. The van der Waals surface area contributed by atoms with Gasteiger partial charge in [0.25, 0.3) is 5.91 Å². The Morgan fingerprint density at radius 3 is 2.54 bits per heavy atom. The van der Waals surface area contributed by atoms with E-state index in [1.165, 1.54) is 17.5 Å². The Balaban J connectivity index is 1.91. The third-order valence-corrected chi connectivity index (χ3v) is 4.54. The molecule has 1 atom stereocenters. The molecular weight excluding hydrogens is 350 g/mol. The number of hydrogen-bond acceptors (Lipinski definition) is 8. The first-order valence-electron chi connectivity index (χ1n) is 7.91. The van der Waals surface area contributed by atoms with Crippen molar-refractivity contribution < 1.29 is 4.79 Å². The van der Waals surface area contributed by atoms with Gasteiger partial charge in [0.05, 0.1) is 11.3 Å². The van der Waals surface area contributed by atoms with Crippen molar-refractivity contribution in [2.75, 3.05) is 24.7 Å². The first kappa shape index (κ1) is 17.7. The van der Waals surface area contributed by atoms with Gasteiger partial charge in [-0.15, -0.1) is 10.2 Å². The number of carbonyl (C=O) groups excluding carboxylic acids is 1. The average molecular weight is 369 g/mol. The van der Waals surface area contributed by atoms with Crippen molar-refractivity contribution in [3.63, 3.8) is 0 Å². The van der Waals surface area contributed by atoms with Crippen LogP contribution in [0.2, 0.25) is 0 Å². The number of nitrogens with zero attached hydrogens (tertiary/aromatic N) is 5. The summed E-state index contributed by atoms with van der Waals surface area (Å²) in [4.78, 5) is 23.2. The minimum atomic E-state index is -0.452. The number of benzene rings is 1. The fraction of sp³-hybridized carbons (Fsp3) is 0.235. The zero-order chi connectivity index (χ0) is 18.7. The Kier molecular flexibility index (Phi) is 5.08. The predicted octanol–water partition coefficient (Wildman–Crippen LogP) is 1.80. The largest absolute Gasteiger partial charge is 0.374 e. The Bertz CT molecular complexity index is 910. The molecule has 3 N–H and O–H groups in total. The number of aryl methyl sites for hydroxylation is 1. The highest BCUT2D eigenvalue weighted by Gasteiger charge is 2.23. The van der Waals surface area contributed by atoms with Crippen molar-refractivity contribution in [1.29, 1.82) is 0 Å². The third kappa shape index (κ3) is 3.77. The van der Waals surface area contributed by atoms with Crippen LogP contribution in [0.25, 0.3) is 0 Å². The number of nitrogens with two attached hydrogens (primary N) is 1. The van der Waals surface area contributed by atoms with E-state index in [0.29, 0.717) is 27.3 Å². The van der Waals surface area contributed by atoms with Crippen LogP contribution in [0.1, 0.15) is 32.7 Å². The Labute approximate surface area is 155 Å². The van der Waals surface area contributed by atoms with Crippen molar-refractivity contribution in [3.8, 4) is 0 Å². The summed E-state index contributed by atoms with van der Waals surface area (Å²) in [6.45, 7) is 1.78. The monoisotopic (exact) mass is 369 g/mol. The van der Waals surface area contributed by atoms with Crippen LogP contribution < -0.4 is 16.0 Å². The Hall–Kier alpha value is -3.07. The maximum absolute atomic E-state index is 12.8. The number of nitrogen functional groups attached to an aromatic ring is 1. The number of hydrogen-bond donors (Lipinski definition) is 2. The summed E-state index contributed by atoms with van der Waals surface area (Å²) < 4.78 is 0. The molecule has 0 saturated carbocycles. The number of nitrogens with one attached hydrogen (secondary N) is 1. The first-order valence-corrected chi connectivity index (χ1v) is 8.73. The predicted molar refractivity (Wildman–Crippen MR) is 101 cm³/mol. The molecule has 0 bridgehead atoms. The van der Waals surface area contributed by atoms with Crippen LogP contribution in [-0.4, -0.2) is 40.2 Å². The van der Waals surface area contributed by atoms with E-state index >= 15 is 0 Å². The summed E-state index contributed by atoms with van der Waals surface area (Å²) in [6.07, 6.45) is 1.53.